The van der Waals surface area contributed by atoms with Crippen LogP contribution in [0.15, 0.2) is 22.8 Å². The van der Waals surface area contributed by atoms with E-state index >= 15 is 0 Å². The van der Waals surface area contributed by atoms with Crippen molar-refractivity contribution in [3.8, 4) is 0 Å². The molecule has 1 aliphatic heterocycles. The van der Waals surface area contributed by atoms with Gasteiger partial charge in [0.15, 0.2) is 0 Å². The van der Waals surface area contributed by atoms with Gasteiger partial charge in [0.1, 0.15) is 5.76 Å². The van der Waals surface area contributed by atoms with Crippen LogP contribution in [-0.4, -0.2) is 23.9 Å². The number of hydrogen-bond donors (Lipinski definition) is 1. The van der Waals surface area contributed by atoms with Gasteiger partial charge in [0, 0.05) is 13.1 Å². The summed E-state index contributed by atoms with van der Waals surface area (Å²) >= 11 is 0. The summed E-state index contributed by atoms with van der Waals surface area (Å²) < 4.78 is 5.23. The smallest absolute Gasteiger partial charge is 0.225 e. The molecule has 1 aromatic heterocycles. The third-order valence-electron chi connectivity index (χ3n) is 2.31. The van der Waals surface area contributed by atoms with Crippen molar-refractivity contribution < 1.29 is 9.21 Å². The lowest BCUT2D eigenvalue weighted by atomic mass is 10.00. The molecule has 2 N–H and O–H groups in total. The zero-order valence-corrected chi connectivity index (χ0v) is 7.27. The van der Waals surface area contributed by atoms with Crippen molar-refractivity contribution in [2.24, 2.45) is 5.73 Å². The number of amides is 1. The van der Waals surface area contributed by atoms with Crippen molar-refractivity contribution in [2.45, 2.75) is 12.5 Å². The van der Waals surface area contributed by atoms with Gasteiger partial charge in [0.25, 0.3) is 0 Å². The highest BCUT2D eigenvalue weighted by Gasteiger charge is 2.37. The molecular formula is C9H12N2O2. The molecule has 0 bridgehead atoms. The predicted molar refractivity (Wildman–Crippen MR) is 46.8 cm³/mol. The molecule has 13 heavy (non-hydrogen) atoms. The Kier molecular flexibility index (Phi) is 2.06. The van der Waals surface area contributed by atoms with Crippen LogP contribution in [-0.2, 0) is 4.79 Å². The standard InChI is InChI=1S/C9H12N2O2/c10-3-4-11-7(6-9(11)12)8-2-1-5-13-8/h1-2,5,7H,3-4,6,10H2. The Morgan fingerprint density at radius 3 is 3.08 bits per heavy atom. The largest absolute Gasteiger partial charge is 0.467 e. The maximum atomic E-state index is 11.2. The van der Waals surface area contributed by atoms with Crippen LogP contribution in [0.2, 0.25) is 0 Å². The van der Waals surface area contributed by atoms with E-state index in [2.05, 4.69) is 0 Å². The fourth-order valence-electron chi connectivity index (χ4n) is 1.61. The van der Waals surface area contributed by atoms with Crippen LogP contribution < -0.4 is 5.73 Å². The van der Waals surface area contributed by atoms with Crippen molar-refractivity contribution >= 4 is 5.91 Å². The molecule has 1 fully saturated rings. The summed E-state index contributed by atoms with van der Waals surface area (Å²) in [5, 5.41) is 0. The molecule has 2 heterocycles. The molecule has 1 aliphatic rings. The molecule has 0 aliphatic carbocycles. The molecule has 0 radical (unpaired) electrons. The minimum Gasteiger partial charge on any atom is -0.467 e. The number of carbonyl (C=O) groups is 1. The Morgan fingerprint density at radius 2 is 2.54 bits per heavy atom. The molecule has 0 aromatic carbocycles. The number of furan rings is 1. The second kappa shape index (κ2) is 3.22. The van der Waals surface area contributed by atoms with E-state index in [1.165, 1.54) is 0 Å². The Hall–Kier alpha value is -1.29. The molecule has 70 valence electrons. The molecule has 1 aromatic rings. The Balaban J connectivity index is 2.06. The first kappa shape index (κ1) is 8.31. The summed E-state index contributed by atoms with van der Waals surface area (Å²) in [6.45, 7) is 1.12. The van der Waals surface area contributed by atoms with Gasteiger partial charge in [0.05, 0.1) is 18.7 Å². The number of nitrogens with zero attached hydrogens (tertiary/aromatic N) is 1. The molecule has 1 atom stereocenters. The topological polar surface area (TPSA) is 59.5 Å². The molecule has 0 saturated carbocycles. The lowest BCUT2D eigenvalue weighted by molar-refractivity contribution is -0.147. The van der Waals surface area contributed by atoms with Crippen molar-refractivity contribution in [1.29, 1.82) is 0 Å². The van der Waals surface area contributed by atoms with E-state index in [1.54, 1.807) is 11.2 Å². The zero-order chi connectivity index (χ0) is 9.26. The lowest BCUT2D eigenvalue weighted by Crippen LogP contribution is -2.48. The van der Waals surface area contributed by atoms with E-state index in [9.17, 15) is 4.79 Å². The summed E-state index contributed by atoms with van der Waals surface area (Å²) in [5.74, 6) is 1.01. The molecule has 1 saturated heterocycles. The molecule has 0 spiro atoms. The molecule has 1 unspecified atom stereocenters. The summed E-state index contributed by atoms with van der Waals surface area (Å²) in [4.78, 5) is 12.9. The van der Waals surface area contributed by atoms with Gasteiger partial charge in [-0.25, -0.2) is 0 Å². The van der Waals surface area contributed by atoms with Crippen LogP contribution in [0.4, 0.5) is 0 Å². The average Bonchev–Trinajstić information content (AvgIpc) is 2.62. The number of hydrogen-bond acceptors (Lipinski definition) is 3. The predicted octanol–water partition coefficient (Wildman–Crippen LogP) is 0.512. The minimum atomic E-state index is 0.117. The first-order valence-electron chi connectivity index (χ1n) is 4.36. The van der Waals surface area contributed by atoms with E-state index in [4.69, 9.17) is 10.2 Å². The Labute approximate surface area is 76.3 Å². The first-order chi connectivity index (χ1) is 6.33. The third kappa shape index (κ3) is 1.33. The van der Waals surface area contributed by atoms with Crippen LogP contribution in [0.3, 0.4) is 0 Å². The summed E-state index contributed by atoms with van der Waals surface area (Å²) in [6, 6.07) is 3.84. The van der Waals surface area contributed by atoms with Crippen molar-refractivity contribution in [3.05, 3.63) is 24.2 Å². The number of β-lactam (4-membered cyclic amide) rings is 1. The highest BCUT2D eigenvalue weighted by Crippen LogP contribution is 2.33. The van der Waals surface area contributed by atoms with Crippen LogP contribution in [0.1, 0.15) is 18.2 Å². The Bertz CT molecular complexity index is 295. The second-order valence-corrected chi connectivity index (χ2v) is 3.11. The SMILES string of the molecule is NCCN1C(=O)CC1c1ccco1. The third-order valence-corrected chi connectivity index (χ3v) is 2.31. The van der Waals surface area contributed by atoms with E-state index in [-0.39, 0.29) is 11.9 Å². The van der Waals surface area contributed by atoms with Crippen molar-refractivity contribution in [2.75, 3.05) is 13.1 Å². The van der Waals surface area contributed by atoms with Gasteiger partial charge < -0.3 is 15.1 Å². The minimum absolute atomic E-state index is 0.117. The first-order valence-corrected chi connectivity index (χ1v) is 4.36. The van der Waals surface area contributed by atoms with Crippen LogP contribution in [0.5, 0.6) is 0 Å². The van der Waals surface area contributed by atoms with Gasteiger partial charge in [-0.15, -0.1) is 0 Å². The van der Waals surface area contributed by atoms with Crippen LogP contribution in [0.25, 0.3) is 0 Å². The quantitative estimate of drug-likeness (QED) is 0.689. The van der Waals surface area contributed by atoms with Gasteiger partial charge >= 0.3 is 0 Å². The monoisotopic (exact) mass is 180 g/mol. The fourth-order valence-corrected chi connectivity index (χ4v) is 1.61. The van der Waals surface area contributed by atoms with Gasteiger partial charge in [-0.1, -0.05) is 0 Å². The van der Waals surface area contributed by atoms with E-state index in [1.807, 2.05) is 12.1 Å². The molecule has 4 nitrogen and oxygen atoms in total. The number of nitrogens with two attached hydrogens (primary N) is 1. The molecular weight excluding hydrogens is 168 g/mol. The van der Waals surface area contributed by atoms with E-state index < -0.39 is 0 Å². The number of rotatable bonds is 3. The summed E-state index contributed by atoms with van der Waals surface area (Å²) in [7, 11) is 0. The number of likely N-dealkylation sites (tertiary alicyclic amines) is 1. The summed E-state index contributed by atoms with van der Waals surface area (Å²) in [6.07, 6.45) is 2.17. The van der Waals surface area contributed by atoms with Gasteiger partial charge in [-0.2, -0.15) is 0 Å². The van der Waals surface area contributed by atoms with Crippen LogP contribution >= 0.6 is 0 Å². The second-order valence-electron chi connectivity index (χ2n) is 3.11. The molecule has 4 heteroatoms. The highest BCUT2D eigenvalue weighted by molar-refractivity contribution is 5.83. The molecule has 2 rings (SSSR count). The highest BCUT2D eigenvalue weighted by atomic mass is 16.3. The number of carbonyl (C=O) groups excluding carboxylic acids is 1. The van der Waals surface area contributed by atoms with Crippen molar-refractivity contribution in [1.82, 2.24) is 4.90 Å². The van der Waals surface area contributed by atoms with E-state index in [0.717, 1.165) is 5.76 Å². The average molecular weight is 180 g/mol. The van der Waals surface area contributed by atoms with Crippen molar-refractivity contribution in [3.63, 3.8) is 0 Å². The maximum Gasteiger partial charge on any atom is 0.225 e. The van der Waals surface area contributed by atoms with Gasteiger partial charge in [-0.3, -0.25) is 4.79 Å². The lowest BCUT2D eigenvalue weighted by Gasteiger charge is -2.38. The normalized spacial score (nSPS) is 21.8. The molecule has 1 amide bonds. The van der Waals surface area contributed by atoms with Gasteiger partial charge in [0.2, 0.25) is 5.91 Å². The maximum absolute atomic E-state index is 11.2. The van der Waals surface area contributed by atoms with E-state index in [0.29, 0.717) is 19.5 Å². The fraction of sp³-hybridized carbons (Fsp3) is 0.444. The van der Waals surface area contributed by atoms with Gasteiger partial charge in [-0.05, 0) is 12.1 Å². The van der Waals surface area contributed by atoms with Crippen LogP contribution in [0, 0.1) is 0 Å². The summed E-state index contributed by atoms with van der Waals surface area (Å²) in [5.41, 5.74) is 5.39. The zero-order valence-electron chi connectivity index (χ0n) is 7.27. The Morgan fingerprint density at radius 1 is 1.69 bits per heavy atom.